The molecule has 10 nitrogen and oxygen atoms in total. The highest BCUT2D eigenvalue weighted by Crippen LogP contribution is 2.37. The second kappa shape index (κ2) is 10.4. The molecule has 1 heterocycles. The maximum Gasteiger partial charge on any atom is 0.234 e. The second-order valence-electron chi connectivity index (χ2n) is 5.73. The summed E-state index contributed by atoms with van der Waals surface area (Å²) in [6.07, 6.45) is 0. The maximum atomic E-state index is 12.4. The lowest BCUT2D eigenvalue weighted by Gasteiger charge is -2.17. The average Bonchev–Trinajstić information content (AvgIpc) is 2.62. The van der Waals surface area contributed by atoms with Gasteiger partial charge in [-0.25, -0.2) is 9.97 Å². The van der Waals surface area contributed by atoms with E-state index in [1.807, 2.05) is 13.8 Å². The Bertz CT molecular complexity index is 873. The number of aromatic nitrogens is 2. The number of nitrogen functional groups attached to an aromatic ring is 2. The van der Waals surface area contributed by atoms with Gasteiger partial charge in [0.2, 0.25) is 11.8 Å². The summed E-state index contributed by atoms with van der Waals surface area (Å²) in [5.74, 6) is 0.760. The van der Waals surface area contributed by atoms with Crippen molar-refractivity contribution in [2.45, 2.75) is 25.9 Å². The molecule has 0 radical (unpaired) electrons. The quantitative estimate of drug-likeness (QED) is 0.353. The number of hydrogen-bond acceptors (Lipinski definition) is 9. The Morgan fingerprint density at radius 3 is 1.97 bits per heavy atom. The molecule has 1 aromatic heterocycles. The molecule has 1 aromatic carbocycles. The van der Waals surface area contributed by atoms with E-state index < -0.39 is 0 Å². The Morgan fingerprint density at radius 2 is 1.48 bits per heavy atom. The van der Waals surface area contributed by atoms with E-state index >= 15 is 0 Å². The highest BCUT2D eigenvalue weighted by Gasteiger charge is 2.16. The van der Waals surface area contributed by atoms with Gasteiger partial charge in [0.05, 0.1) is 30.3 Å². The van der Waals surface area contributed by atoms with Crippen molar-refractivity contribution < 1.29 is 19.1 Å². The molecule has 29 heavy (non-hydrogen) atoms. The number of nitrogens with one attached hydrogen (secondary N) is 2. The summed E-state index contributed by atoms with van der Waals surface area (Å²) in [4.78, 5) is 31.9. The van der Waals surface area contributed by atoms with Crippen molar-refractivity contribution in [3.05, 3.63) is 18.2 Å². The van der Waals surface area contributed by atoms with Gasteiger partial charge in [0.25, 0.3) is 0 Å². The second-order valence-corrected chi connectivity index (χ2v) is 6.67. The van der Waals surface area contributed by atoms with Gasteiger partial charge >= 0.3 is 0 Å². The van der Waals surface area contributed by atoms with E-state index in [1.54, 1.807) is 12.1 Å². The van der Waals surface area contributed by atoms with Crippen LogP contribution >= 0.6 is 11.8 Å². The summed E-state index contributed by atoms with van der Waals surface area (Å²) in [5, 5.41) is 5.78. The number of rotatable bonds is 9. The first-order valence-corrected chi connectivity index (χ1v) is 9.84. The zero-order valence-corrected chi connectivity index (χ0v) is 17.3. The number of anilines is 4. The molecule has 0 saturated carbocycles. The summed E-state index contributed by atoms with van der Waals surface area (Å²) in [6, 6.07) is 4.65. The summed E-state index contributed by atoms with van der Waals surface area (Å²) >= 11 is 1.10. The van der Waals surface area contributed by atoms with Gasteiger partial charge in [-0.2, -0.15) is 0 Å². The first kappa shape index (κ1) is 22.1. The van der Waals surface area contributed by atoms with Crippen molar-refractivity contribution in [2.24, 2.45) is 0 Å². The number of benzene rings is 1. The highest BCUT2D eigenvalue weighted by atomic mass is 32.2. The van der Waals surface area contributed by atoms with Gasteiger partial charge in [-0.15, -0.1) is 0 Å². The third kappa shape index (κ3) is 6.71. The van der Waals surface area contributed by atoms with Crippen LogP contribution in [0.4, 0.5) is 23.0 Å². The molecule has 2 rings (SSSR count). The molecule has 11 heteroatoms. The monoisotopic (exact) mass is 420 g/mol. The zero-order valence-electron chi connectivity index (χ0n) is 16.4. The Balaban J connectivity index is 2.18. The molecule has 0 spiro atoms. The fourth-order valence-corrected chi connectivity index (χ4v) is 3.01. The van der Waals surface area contributed by atoms with Gasteiger partial charge in [0.1, 0.15) is 23.1 Å². The third-order valence-corrected chi connectivity index (χ3v) is 4.19. The van der Waals surface area contributed by atoms with E-state index in [9.17, 15) is 9.59 Å². The van der Waals surface area contributed by atoms with Crippen LogP contribution in [-0.4, -0.2) is 40.7 Å². The Kier molecular flexibility index (Phi) is 7.89. The molecule has 0 aliphatic carbocycles. The molecule has 0 atom stereocenters. The van der Waals surface area contributed by atoms with E-state index in [4.69, 9.17) is 20.9 Å². The summed E-state index contributed by atoms with van der Waals surface area (Å²) in [5.41, 5.74) is 12.1. The molecule has 2 amide bonds. The topological polar surface area (TPSA) is 154 Å². The molecule has 2 aromatic rings. The summed E-state index contributed by atoms with van der Waals surface area (Å²) < 4.78 is 11.2. The van der Waals surface area contributed by atoms with Gasteiger partial charge in [0.15, 0.2) is 5.16 Å². The molecule has 6 N–H and O–H groups in total. The van der Waals surface area contributed by atoms with E-state index in [2.05, 4.69) is 20.6 Å². The fourth-order valence-electron chi connectivity index (χ4n) is 2.34. The number of nitrogens with two attached hydrogens (primary N) is 2. The van der Waals surface area contributed by atoms with Gasteiger partial charge in [-0.3, -0.25) is 9.59 Å². The molecular weight excluding hydrogens is 396 g/mol. The smallest absolute Gasteiger partial charge is 0.234 e. The van der Waals surface area contributed by atoms with Gasteiger partial charge < -0.3 is 31.6 Å². The number of ether oxygens (including phenoxy) is 2. The van der Waals surface area contributed by atoms with E-state index in [-0.39, 0.29) is 29.2 Å². The third-order valence-electron chi connectivity index (χ3n) is 3.34. The zero-order chi connectivity index (χ0) is 21.4. The van der Waals surface area contributed by atoms with Crippen molar-refractivity contribution >= 4 is 46.6 Å². The van der Waals surface area contributed by atoms with E-state index in [0.717, 1.165) is 11.8 Å². The van der Waals surface area contributed by atoms with Crippen molar-refractivity contribution in [1.29, 1.82) is 0 Å². The van der Waals surface area contributed by atoms with Crippen LogP contribution in [0.5, 0.6) is 11.5 Å². The number of hydrogen-bond donors (Lipinski definition) is 4. The first-order chi connectivity index (χ1) is 13.8. The normalized spacial score (nSPS) is 10.3. The number of thioether (sulfide) groups is 1. The minimum Gasteiger partial charge on any atom is -0.492 e. The highest BCUT2D eigenvalue weighted by molar-refractivity contribution is 7.99. The maximum absolute atomic E-state index is 12.4. The van der Waals surface area contributed by atoms with Gasteiger partial charge in [-0.05, 0) is 13.8 Å². The Morgan fingerprint density at radius 1 is 0.966 bits per heavy atom. The van der Waals surface area contributed by atoms with Crippen LogP contribution < -0.4 is 31.6 Å². The number of nitrogens with zero attached hydrogens (tertiary/aromatic N) is 2. The molecule has 0 fully saturated rings. The number of carbonyl (C=O) groups excluding carboxylic acids is 2. The molecule has 0 bridgehead atoms. The average molecular weight is 420 g/mol. The summed E-state index contributed by atoms with van der Waals surface area (Å²) in [6.45, 7) is 5.80. The van der Waals surface area contributed by atoms with Crippen molar-refractivity contribution in [3.63, 3.8) is 0 Å². The lowest BCUT2D eigenvalue weighted by atomic mass is 10.2. The standard InChI is InChI=1S/C18H24N6O4S/c1-4-27-13-7-12(14(28-5-2)6-11(13)21-10(3)25)22-17(26)9-29-18-23-15(19)8-16(20)24-18/h6-8H,4-5,9H2,1-3H3,(H,21,25)(H,22,26)(H4,19,20,23,24). The van der Waals surface area contributed by atoms with E-state index in [1.165, 1.54) is 13.0 Å². The Labute approximate surface area is 172 Å². The van der Waals surface area contributed by atoms with Crippen LogP contribution in [0.2, 0.25) is 0 Å². The molecule has 0 saturated heterocycles. The fraction of sp³-hybridized carbons (Fsp3) is 0.333. The summed E-state index contributed by atoms with van der Waals surface area (Å²) in [7, 11) is 0. The molecule has 0 unspecified atom stereocenters. The van der Waals surface area contributed by atoms with Crippen LogP contribution in [0.25, 0.3) is 0 Å². The van der Waals surface area contributed by atoms with Crippen molar-refractivity contribution in [2.75, 3.05) is 41.1 Å². The van der Waals surface area contributed by atoms with Crippen LogP contribution in [-0.2, 0) is 9.59 Å². The minimum absolute atomic E-state index is 0.0336. The molecule has 156 valence electrons. The SMILES string of the molecule is CCOc1cc(NC(=O)CSc2nc(N)cc(N)n2)c(OCC)cc1NC(C)=O. The van der Waals surface area contributed by atoms with Gasteiger partial charge in [0, 0.05) is 25.1 Å². The number of carbonyl (C=O) groups is 2. The molecular formula is C18H24N6O4S. The van der Waals surface area contributed by atoms with E-state index in [0.29, 0.717) is 41.2 Å². The van der Waals surface area contributed by atoms with Crippen LogP contribution in [0.15, 0.2) is 23.4 Å². The molecule has 0 aliphatic heterocycles. The van der Waals surface area contributed by atoms with Crippen LogP contribution in [0.3, 0.4) is 0 Å². The largest absolute Gasteiger partial charge is 0.492 e. The minimum atomic E-state index is -0.310. The van der Waals surface area contributed by atoms with Crippen LogP contribution in [0, 0.1) is 0 Å². The predicted molar refractivity (Wildman–Crippen MR) is 113 cm³/mol. The lowest BCUT2D eigenvalue weighted by molar-refractivity contribution is -0.114. The predicted octanol–water partition coefficient (Wildman–Crippen LogP) is 2.13. The van der Waals surface area contributed by atoms with Crippen LogP contribution in [0.1, 0.15) is 20.8 Å². The lowest BCUT2D eigenvalue weighted by Crippen LogP contribution is -2.16. The number of amides is 2. The van der Waals surface area contributed by atoms with Crippen molar-refractivity contribution in [3.8, 4) is 11.5 Å². The molecule has 0 aliphatic rings. The Hall–Kier alpha value is -3.21. The van der Waals surface area contributed by atoms with Crippen molar-refractivity contribution in [1.82, 2.24) is 9.97 Å². The first-order valence-electron chi connectivity index (χ1n) is 8.86. The van der Waals surface area contributed by atoms with Gasteiger partial charge in [-0.1, -0.05) is 11.8 Å².